The summed E-state index contributed by atoms with van der Waals surface area (Å²) in [5.74, 6) is -1.84. The first-order chi connectivity index (χ1) is 15.3. The van der Waals surface area contributed by atoms with Crippen LogP contribution in [0.5, 0.6) is 5.75 Å². The van der Waals surface area contributed by atoms with Crippen molar-refractivity contribution in [3.63, 3.8) is 0 Å². The molecule has 11 heteroatoms. The number of nitrogens with zero attached hydrogens (tertiary/aromatic N) is 2. The van der Waals surface area contributed by atoms with E-state index in [4.69, 9.17) is 9.47 Å². The molecule has 2 rings (SSSR count). The molecule has 0 saturated heterocycles. The topological polar surface area (TPSA) is 126 Å². The minimum atomic E-state index is -0.875. The number of carbonyl (C=O) groups excluding carboxylic acids is 3. The number of hydrogen-bond acceptors (Lipinski definition) is 7. The fourth-order valence-corrected chi connectivity index (χ4v) is 2.93. The fourth-order valence-electron chi connectivity index (χ4n) is 2.93. The zero-order chi connectivity index (χ0) is 24.9. The minimum absolute atomic E-state index is 0.0990. The number of carbonyl (C=O) groups is 3. The molecule has 0 atom stereocenters. The second kappa shape index (κ2) is 10.2. The Morgan fingerprint density at radius 1 is 1.12 bits per heavy atom. The van der Waals surface area contributed by atoms with Gasteiger partial charge >= 0.3 is 11.8 Å². The molecule has 0 unspecified atom stereocenters. The van der Waals surface area contributed by atoms with E-state index in [2.05, 4.69) is 5.32 Å². The van der Waals surface area contributed by atoms with E-state index < -0.39 is 46.9 Å². The highest BCUT2D eigenvalue weighted by molar-refractivity contribution is 5.98. The van der Waals surface area contributed by atoms with Gasteiger partial charge in [-0.15, -0.1) is 0 Å². The number of ether oxygens (including phenoxy) is 2. The van der Waals surface area contributed by atoms with Crippen LogP contribution >= 0.6 is 0 Å². The SMILES string of the molecule is COc1ccc(F)cc1C(=O)Cn1cc(C(C)=O)c(=O)n(CCNC(=O)OC(C)(C)C)c1=O. The van der Waals surface area contributed by atoms with E-state index in [1.165, 1.54) is 13.2 Å². The number of Topliss-reactive ketones (excluding diaryl/α,β-unsaturated/α-hetero) is 2. The Balaban J connectivity index is 2.36. The van der Waals surface area contributed by atoms with Crippen LogP contribution in [0.4, 0.5) is 9.18 Å². The molecule has 0 radical (unpaired) electrons. The van der Waals surface area contributed by atoms with Crippen molar-refractivity contribution in [2.24, 2.45) is 0 Å². The summed E-state index contributed by atoms with van der Waals surface area (Å²) < 4.78 is 25.4. The Morgan fingerprint density at radius 3 is 2.36 bits per heavy atom. The van der Waals surface area contributed by atoms with Gasteiger partial charge in [0.05, 0.1) is 24.8 Å². The Bertz CT molecular complexity index is 1190. The lowest BCUT2D eigenvalue weighted by atomic mass is 10.1. The zero-order valence-electron chi connectivity index (χ0n) is 19.1. The van der Waals surface area contributed by atoms with Gasteiger partial charge in [0.25, 0.3) is 5.56 Å². The zero-order valence-corrected chi connectivity index (χ0v) is 19.1. The molecule has 1 heterocycles. The van der Waals surface area contributed by atoms with E-state index in [1.54, 1.807) is 20.8 Å². The molecular weight excluding hydrogens is 437 g/mol. The van der Waals surface area contributed by atoms with Crippen molar-refractivity contribution >= 4 is 17.7 Å². The van der Waals surface area contributed by atoms with Gasteiger partial charge < -0.3 is 14.8 Å². The highest BCUT2D eigenvalue weighted by Crippen LogP contribution is 2.20. The second-order valence-corrected chi connectivity index (χ2v) is 8.16. The second-order valence-electron chi connectivity index (χ2n) is 8.16. The Hall–Kier alpha value is -3.76. The van der Waals surface area contributed by atoms with Gasteiger partial charge in [0, 0.05) is 19.3 Å². The third-order valence-electron chi connectivity index (χ3n) is 4.40. The normalized spacial score (nSPS) is 11.1. The average molecular weight is 463 g/mol. The number of amides is 1. The van der Waals surface area contributed by atoms with Crippen LogP contribution in [0.15, 0.2) is 34.0 Å². The summed E-state index contributed by atoms with van der Waals surface area (Å²) in [5.41, 5.74) is -2.88. The van der Waals surface area contributed by atoms with Gasteiger partial charge in [-0.25, -0.2) is 14.0 Å². The van der Waals surface area contributed by atoms with Crippen LogP contribution in [0.1, 0.15) is 48.4 Å². The minimum Gasteiger partial charge on any atom is -0.496 e. The maximum Gasteiger partial charge on any atom is 0.407 e. The molecule has 0 bridgehead atoms. The smallest absolute Gasteiger partial charge is 0.407 e. The largest absolute Gasteiger partial charge is 0.496 e. The summed E-state index contributed by atoms with van der Waals surface area (Å²) in [5, 5.41) is 2.42. The highest BCUT2D eigenvalue weighted by atomic mass is 19.1. The first-order valence-corrected chi connectivity index (χ1v) is 10.0. The molecule has 1 aromatic heterocycles. The average Bonchev–Trinajstić information content (AvgIpc) is 2.70. The van der Waals surface area contributed by atoms with Crippen molar-refractivity contribution in [3.8, 4) is 5.75 Å². The molecular formula is C22H26FN3O7. The molecule has 0 aliphatic heterocycles. The van der Waals surface area contributed by atoms with Gasteiger partial charge in [-0.05, 0) is 45.9 Å². The molecule has 0 aliphatic rings. The third-order valence-corrected chi connectivity index (χ3v) is 4.40. The van der Waals surface area contributed by atoms with Crippen LogP contribution in [-0.2, 0) is 17.8 Å². The molecule has 1 aromatic carbocycles. The van der Waals surface area contributed by atoms with Crippen molar-refractivity contribution in [3.05, 3.63) is 62.2 Å². The molecule has 1 amide bonds. The predicted octanol–water partition coefficient (Wildman–Crippen LogP) is 1.77. The van der Waals surface area contributed by atoms with E-state index in [0.717, 1.165) is 34.4 Å². The molecule has 0 aliphatic carbocycles. The summed E-state index contributed by atoms with van der Waals surface area (Å²) >= 11 is 0. The van der Waals surface area contributed by atoms with Crippen LogP contribution in [-0.4, -0.2) is 46.0 Å². The number of aromatic nitrogens is 2. The molecule has 0 saturated carbocycles. The Morgan fingerprint density at radius 2 is 1.79 bits per heavy atom. The molecule has 2 aromatic rings. The number of hydrogen-bond donors (Lipinski definition) is 1. The summed E-state index contributed by atoms with van der Waals surface area (Å²) in [7, 11) is 1.31. The monoisotopic (exact) mass is 463 g/mol. The van der Waals surface area contributed by atoms with E-state index in [-0.39, 0.29) is 30.0 Å². The Labute approximate surface area is 188 Å². The molecule has 10 nitrogen and oxygen atoms in total. The maximum atomic E-state index is 13.6. The van der Waals surface area contributed by atoms with Crippen LogP contribution in [0.25, 0.3) is 0 Å². The van der Waals surface area contributed by atoms with Gasteiger partial charge in [0.2, 0.25) is 0 Å². The number of ketones is 2. The molecule has 1 N–H and O–H groups in total. The lowest BCUT2D eigenvalue weighted by Gasteiger charge is -2.19. The van der Waals surface area contributed by atoms with Crippen LogP contribution < -0.4 is 21.3 Å². The molecule has 33 heavy (non-hydrogen) atoms. The standard InChI is InChI=1S/C22H26FN3O7/c1-13(27)16-11-25(12-17(28)15-10-14(23)6-7-18(15)32-5)21(31)26(19(16)29)9-8-24-20(30)33-22(2,3)4/h6-7,10-11H,8-9,12H2,1-5H3,(H,24,30). The fraction of sp³-hybridized carbons (Fsp3) is 0.409. The number of methoxy groups -OCH3 is 1. The summed E-state index contributed by atoms with van der Waals surface area (Å²) in [6.07, 6.45) is 0.251. The number of nitrogens with one attached hydrogen (secondary N) is 1. The van der Waals surface area contributed by atoms with Gasteiger partial charge in [-0.2, -0.15) is 0 Å². The lowest BCUT2D eigenvalue weighted by Crippen LogP contribution is -2.45. The first-order valence-electron chi connectivity index (χ1n) is 10.0. The van der Waals surface area contributed by atoms with E-state index in [1.807, 2.05) is 0 Å². The number of rotatable bonds is 8. The van der Waals surface area contributed by atoms with Crippen LogP contribution in [0.3, 0.4) is 0 Å². The van der Waals surface area contributed by atoms with Crippen molar-refractivity contribution in [1.29, 1.82) is 0 Å². The molecule has 0 spiro atoms. The quantitative estimate of drug-likeness (QED) is 0.591. The Kier molecular flexibility index (Phi) is 7.91. The van der Waals surface area contributed by atoms with Crippen LogP contribution in [0.2, 0.25) is 0 Å². The van der Waals surface area contributed by atoms with Crippen molar-refractivity contribution in [1.82, 2.24) is 14.5 Å². The first kappa shape index (κ1) is 25.5. The number of alkyl carbamates (subject to hydrolysis) is 1. The number of halogens is 1. The predicted molar refractivity (Wildman–Crippen MR) is 116 cm³/mol. The lowest BCUT2D eigenvalue weighted by molar-refractivity contribution is 0.0525. The maximum absolute atomic E-state index is 13.6. The van der Waals surface area contributed by atoms with E-state index >= 15 is 0 Å². The van der Waals surface area contributed by atoms with Crippen LogP contribution in [0, 0.1) is 5.82 Å². The van der Waals surface area contributed by atoms with Gasteiger partial charge in [-0.3, -0.25) is 23.5 Å². The highest BCUT2D eigenvalue weighted by Gasteiger charge is 2.20. The third kappa shape index (κ3) is 6.61. The molecule has 178 valence electrons. The van der Waals surface area contributed by atoms with Crippen molar-refractivity contribution < 1.29 is 28.2 Å². The molecule has 0 fully saturated rings. The van der Waals surface area contributed by atoms with Gasteiger partial charge in [-0.1, -0.05) is 0 Å². The van der Waals surface area contributed by atoms with E-state index in [9.17, 15) is 28.4 Å². The van der Waals surface area contributed by atoms with E-state index in [0.29, 0.717) is 0 Å². The summed E-state index contributed by atoms with van der Waals surface area (Å²) in [6.45, 7) is 5.20. The summed E-state index contributed by atoms with van der Waals surface area (Å²) in [6, 6.07) is 3.36. The van der Waals surface area contributed by atoms with Gasteiger partial charge in [0.1, 0.15) is 17.2 Å². The number of benzene rings is 1. The van der Waals surface area contributed by atoms with Crippen molar-refractivity contribution in [2.45, 2.75) is 46.4 Å². The van der Waals surface area contributed by atoms with Crippen molar-refractivity contribution in [2.75, 3.05) is 13.7 Å². The van der Waals surface area contributed by atoms with Gasteiger partial charge in [0.15, 0.2) is 11.6 Å². The summed E-state index contributed by atoms with van der Waals surface area (Å²) in [4.78, 5) is 62.0.